The van der Waals surface area contributed by atoms with Crippen LogP contribution in [0.3, 0.4) is 0 Å². The van der Waals surface area contributed by atoms with Crippen LogP contribution in [0.4, 0.5) is 0 Å². The normalized spacial score (nSPS) is 11.6. The van der Waals surface area contributed by atoms with Crippen molar-refractivity contribution in [3.05, 3.63) is 66.9 Å². The lowest BCUT2D eigenvalue weighted by atomic mass is 10.1. The fraction of sp³-hybridized carbons (Fsp3) is 0.211. The van der Waals surface area contributed by atoms with Gasteiger partial charge in [0.05, 0.1) is 17.1 Å². The minimum atomic E-state index is -3.73. The molecule has 0 atom stereocenters. The average Bonchev–Trinajstić information content (AvgIpc) is 3.21. The van der Waals surface area contributed by atoms with Gasteiger partial charge in [0, 0.05) is 11.8 Å². The summed E-state index contributed by atoms with van der Waals surface area (Å²) in [5.74, 6) is 0.458. The summed E-state index contributed by atoms with van der Waals surface area (Å²) in [7, 11) is -3.73. The van der Waals surface area contributed by atoms with Gasteiger partial charge in [0.25, 0.3) is 10.0 Å². The van der Waals surface area contributed by atoms with Gasteiger partial charge in [-0.05, 0) is 53.4 Å². The second-order valence-electron chi connectivity index (χ2n) is 5.77. The van der Waals surface area contributed by atoms with Crippen molar-refractivity contribution in [1.29, 1.82) is 0 Å². The maximum absolute atomic E-state index is 12.9. The molecule has 1 aromatic heterocycles. The first-order valence-electron chi connectivity index (χ1n) is 8.47. The molecule has 0 aliphatic heterocycles. The molecule has 3 aromatic rings. The van der Waals surface area contributed by atoms with E-state index in [1.165, 1.54) is 0 Å². The van der Waals surface area contributed by atoms with Gasteiger partial charge in [-0.1, -0.05) is 31.5 Å². The third kappa shape index (κ3) is 4.12. The molecule has 0 amide bonds. The third-order valence-corrected chi connectivity index (χ3v) is 5.52. The van der Waals surface area contributed by atoms with E-state index in [2.05, 4.69) is 10.2 Å². The Hall–Kier alpha value is -2.64. The van der Waals surface area contributed by atoms with E-state index in [1.807, 2.05) is 25.1 Å². The lowest BCUT2D eigenvalue weighted by molar-refractivity contribution is 0.0348. The Kier molecular flexibility index (Phi) is 5.70. The molecule has 136 valence electrons. The number of benzene rings is 2. The van der Waals surface area contributed by atoms with E-state index in [9.17, 15) is 8.42 Å². The highest BCUT2D eigenvalue weighted by Gasteiger charge is 2.26. The highest BCUT2D eigenvalue weighted by molar-refractivity contribution is 7.89. The minimum absolute atomic E-state index is 0.212. The van der Waals surface area contributed by atoms with Crippen molar-refractivity contribution in [1.82, 2.24) is 14.7 Å². The van der Waals surface area contributed by atoms with Crippen LogP contribution < -0.4 is 4.84 Å². The number of aromatic nitrogens is 2. The Balaban J connectivity index is 1.82. The van der Waals surface area contributed by atoms with Gasteiger partial charge in [-0.15, -0.1) is 0 Å². The van der Waals surface area contributed by atoms with Crippen molar-refractivity contribution < 1.29 is 13.3 Å². The Labute approximate surface area is 153 Å². The number of hydroxylamine groups is 1. The van der Waals surface area contributed by atoms with Gasteiger partial charge < -0.3 is 4.84 Å². The lowest BCUT2D eigenvalue weighted by Crippen LogP contribution is -2.35. The van der Waals surface area contributed by atoms with Crippen LogP contribution in [0, 0.1) is 0 Å². The molecule has 0 fully saturated rings. The van der Waals surface area contributed by atoms with Crippen molar-refractivity contribution in [3.63, 3.8) is 0 Å². The third-order valence-electron chi connectivity index (χ3n) is 3.86. The molecule has 6 nitrogen and oxygen atoms in total. The number of H-pyrrole nitrogens is 1. The van der Waals surface area contributed by atoms with Gasteiger partial charge >= 0.3 is 0 Å². The smallest absolute Gasteiger partial charge is 0.273 e. The van der Waals surface area contributed by atoms with Crippen LogP contribution in [0.15, 0.2) is 71.8 Å². The number of nitrogens with zero attached hydrogens (tertiary/aromatic N) is 2. The molecule has 26 heavy (non-hydrogen) atoms. The zero-order valence-corrected chi connectivity index (χ0v) is 15.3. The summed E-state index contributed by atoms with van der Waals surface area (Å²) in [4.78, 5) is 5.94. The van der Waals surface area contributed by atoms with Crippen molar-refractivity contribution >= 4 is 10.0 Å². The summed E-state index contributed by atoms with van der Waals surface area (Å²) in [5.41, 5.74) is 1.74. The second-order valence-corrected chi connectivity index (χ2v) is 7.60. The van der Waals surface area contributed by atoms with Crippen molar-refractivity contribution in [2.75, 3.05) is 6.54 Å². The number of rotatable bonds is 8. The van der Waals surface area contributed by atoms with Gasteiger partial charge in [-0.3, -0.25) is 5.10 Å². The summed E-state index contributed by atoms with van der Waals surface area (Å²) in [6, 6.07) is 17.3. The molecule has 7 heteroatoms. The first kappa shape index (κ1) is 18.2. The van der Waals surface area contributed by atoms with Crippen LogP contribution in [0.5, 0.6) is 5.75 Å². The molecule has 1 N–H and O–H groups in total. The molecule has 0 saturated heterocycles. The maximum atomic E-state index is 12.9. The SMILES string of the molecule is CCCCN(Oc1ccc(-c2cc[nH]n2)cc1)S(=O)(=O)c1ccccc1. The minimum Gasteiger partial charge on any atom is -0.391 e. The molecule has 3 rings (SSSR count). The van der Waals surface area contributed by atoms with Crippen LogP contribution in [0.25, 0.3) is 11.3 Å². The second kappa shape index (κ2) is 8.16. The fourth-order valence-electron chi connectivity index (χ4n) is 2.44. The first-order chi connectivity index (χ1) is 12.6. The Morgan fingerprint density at radius 3 is 2.38 bits per heavy atom. The molecule has 0 saturated carbocycles. The Morgan fingerprint density at radius 1 is 1.04 bits per heavy atom. The van der Waals surface area contributed by atoms with Crippen molar-refractivity contribution in [3.8, 4) is 17.0 Å². The van der Waals surface area contributed by atoms with Crippen LogP contribution in [-0.2, 0) is 10.0 Å². The Bertz CT molecular complexity index is 908. The zero-order chi connectivity index (χ0) is 18.4. The largest absolute Gasteiger partial charge is 0.391 e. The van der Waals surface area contributed by atoms with Crippen LogP contribution in [0.1, 0.15) is 19.8 Å². The van der Waals surface area contributed by atoms with E-state index < -0.39 is 10.0 Å². The number of hydrogen-bond donors (Lipinski definition) is 1. The summed E-state index contributed by atoms with van der Waals surface area (Å²) in [6.07, 6.45) is 3.32. The summed E-state index contributed by atoms with van der Waals surface area (Å²) >= 11 is 0. The molecule has 0 radical (unpaired) electrons. The van der Waals surface area contributed by atoms with E-state index in [-0.39, 0.29) is 11.4 Å². The maximum Gasteiger partial charge on any atom is 0.273 e. The summed E-state index contributed by atoms with van der Waals surface area (Å²) < 4.78 is 26.8. The van der Waals surface area contributed by atoms with Gasteiger partial charge in [0.2, 0.25) is 0 Å². The topological polar surface area (TPSA) is 75.3 Å². The standard InChI is InChI=1S/C19H21N3O3S/c1-2-3-15-22(26(23,24)18-7-5-4-6-8-18)25-17-11-9-16(10-12-17)19-13-14-20-21-19/h4-14H,2-3,15H2,1H3,(H,20,21). The molecular weight excluding hydrogens is 350 g/mol. The highest BCUT2D eigenvalue weighted by atomic mass is 32.2. The molecule has 0 aliphatic rings. The number of hydrogen-bond acceptors (Lipinski definition) is 4. The number of sulfonamides is 1. The van der Waals surface area contributed by atoms with E-state index in [1.54, 1.807) is 48.7 Å². The molecular formula is C19H21N3O3S. The van der Waals surface area contributed by atoms with E-state index in [0.29, 0.717) is 12.2 Å². The quantitative estimate of drug-likeness (QED) is 0.610. The number of unbranched alkanes of at least 4 members (excludes halogenated alkanes) is 1. The molecule has 0 unspecified atom stereocenters. The molecule has 2 aromatic carbocycles. The van der Waals surface area contributed by atoms with Gasteiger partial charge in [0.15, 0.2) is 0 Å². The van der Waals surface area contributed by atoms with Crippen LogP contribution >= 0.6 is 0 Å². The van der Waals surface area contributed by atoms with E-state index in [0.717, 1.165) is 22.1 Å². The lowest BCUT2D eigenvalue weighted by Gasteiger charge is -2.22. The van der Waals surface area contributed by atoms with E-state index >= 15 is 0 Å². The average molecular weight is 371 g/mol. The van der Waals surface area contributed by atoms with Gasteiger partial charge in [0.1, 0.15) is 5.75 Å². The zero-order valence-electron chi connectivity index (χ0n) is 14.5. The number of aromatic amines is 1. The van der Waals surface area contributed by atoms with Gasteiger partial charge in [-0.25, -0.2) is 8.42 Å². The Morgan fingerprint density at radius 2 is 1.77 bits per heavy atom. The molecule has 0 spiro atoms. The summed E-state index contributed by atoms with van der Waals surface area (Å²) in [5, 5.41) is 6.89. The molecule has 0 aliphatic carbocycles. The van der Waals surface area contributed by atoms with Gasteiger partial charge in [-0.2, -0.15) is 5.10 Å². The van der Waals surface area contributed by atoms with Crippen molar-refractivity contribution in [2.45, 2.75) is 24.7 Å². The van der Waals surface area contributed by atoms with Crippen LogP contribution in [-0.4, -0.2) is 29.6 Å². The van der Waals surface area contributed by atoms with Crippen molar-refractivity contribution in [2.24, 2.45) is 0 Å². The first-order valence-corrected chi connectivity index (χ1v) is 9.91. The van der Waals surface area contributed by atoms with Crippen LogP contribution in [0.2, 0.25) is 0 Å². The number of nitrogens with one attached hydrogen (secondary N) is 1. The molecule has 0 bridgehead atoms. The van der Waals surface area contributed by atoms with E-state index in [4.69, 9.17) is 4.84 Å². The monoisotopic (exact) mass is 371 g/mol. The fourth-order valence-corrected chi connectivity index (χ4v) is 3.73. The predicted molar refractivity (Wildman–Crippen MR) is 99.9 cm³/mol. The summed E-state index contributed by atoms with van der Waals surface area (Å²) in [6.45, 7) is 2.29. The highest BCUT2D eigenvalue weighted by Crippen LogP contribution is 2.23. The molecule has 1 heterocycles. The predicted octanol–water partition coefficient (Wildman–Crippen LogP) is 3.86.